The second-order valence-corrected chi connectivity index (χ2v) is 3.31. The van der Waals surface area contributed by atoms with E-state index >= 15 is 0 Å². The van der Waals surface area contributed by atoms with Crippen LogP contribution in [0.4, 0.5) is 0 Å². The van der Waals surface area contributed by atoms with Crippen molar-refractivity contribution in [3.05, 3.63) is 29.8 Å². The van der Waals surface area contributed by atoms with E-state index < -0.39 is 0 Å². The smallest absolute Gasteiger partial charge is 0.307 e. The molecule has 1 amide bonds. The first kappa shape index (κ1) is 13.0. The predicted molar refractivity (Wildman–Crippen MR) is 62.0 cm³/mol. The van der Waals surface area contributed by atoms with E-state index in [1.165, 1.54) is 14.2 Å². The Morgan fingerprint density at radius 3 is 2.71 bits per heavy atom. The lowest BCUT2D eigenvalue weighted by Crippen LogP contribution is -2.26. The zero-order valence-corrected chi connectivity index (χ0v) is 9.86. The molecule has 0 saturated heterocycles. The van der Waals surface area contributed by atoms with Crippen LogP contribution in [0.2, 0.25) is 0 Å². The number of ether oxygens (including phenoxy) is 2. The number of benzene rings is 1. The highest BCUT2D eigenvalue weighted by Gasteiger charge is 2.07. The summed E-state index contributed by atoms with van der Waals surface area (Å²) in [7, 11) is 2.85. The van der Waals surface area contributed by atoms with Gasteiger partial charge in [-0.2, -0.15) is 0 Å². The van der Waals surface area contributed by atoms with Crippen LogP contribution >= 0.6 is 0 Å². The molecule has 1 aromatic rings. The van der Waals surface area contributed by atoms with E-state index in [0.717, 1.165) is 0 Å². The topological polar surface area (TPSA) is 64.6 Å². The van der Waals surface area contributed by atoms with Crippen molar-refractivity contribution in [1.82, 2.24) is 5.32 Å². The molecule has 0 heterocycles. The van der Waals surface area contributed by atoms with Crippen LogP contribution in [0.15, 0.2) is 24.3 Å². The highest BCUT2D eigenvalue weighted by Crippen LogP contribution is 2.12. The average molecular weight is 237 g/mol. The molecule has 0 radical (unpaired) electrons. The van der Waals surface area contributed by atoms with Gasteiger partial charge in [-0.05, 0) is 18.2 Å². The molecule has 92 valence electrons. The highest BCUT2D eigenvalue weighted by molar-refractivity contribution is 5.94. The molecule has 1 rings (SSSR count). The Labute approximate surface area is 99.7 Å². The van der Waals surface area contributed by atoms with Crippen molar-refractivity contribution in [2.24, 2.45) is 0 Å². The van der Waals surface area contributed by atoms with Crippen LogP contribution in [0.3, 0.4) is 0 Å². The SMILES string of the molecule is COC(=O)CCNC(=O)c1cccc(OC)c1. The van der Waals surface area contributed by atoms with Gasteiger partial charge in [0.15, 0.2) is 0 Å². The van der Waals surface area contributed by atoms with Crippen molar-refractivity contribution in [1.29, 1.82) is 0 Å². The second kappa shape index (κ2) is 6.52. The van der Waals surface area contributed by atoms with Gasteiger partial charge in [-0.1, -0.05) is 6.07 Å². The van der Waals surface area contributed by atoms with Crippen molar-refractivity contribution < 1.29 is 19.1 Å². The first-order chi connectivity index (χ1) is 8.17. The Balaban J connectivity index is 2.49. The fourth-order valence-corrected chi connectivity index (χ4v) is 1.25. The molecule has 0 aliphatic heterocycles. The van der Waals surface area contributed by atoms with E-state index in [4.69, 9.17) is 4.74 Å². The third-order valence-corrected chi connectivity index (χ3v) is 2.17. The molecule has 17 heavy (non-hydrogen) atoms. The Kier molecular flexibility index (Phi) is 5.00. The normalized spacial score (nSPS) is 9.53. The van der Waals surface area contributed by atoms with Gasteiger partial charge in [0, 0.05) is 12.1 Å². The summed E-state index contributed by atoms with van der Waals surface area (Å²) in [6, 6.07) is 6.79. The minimum atomic E-state index is -0.351. The molecule has 5 nitrogen and oxygen atoms in total. The van der Waals surface area contributed by atoms with E-state index in [-0.39, 0.29) is 24.8 Å². The molecule has 0 aromatic heterocycles. The summed E-state index contributed by atoms with van der Waals surface area (Å²) in [5, 5.41) is 2.62. The van der Waals surface area contributed by atoms with Crippen molar-refractivity contribution in [2.75, 3.05) is 20.8 Å². The van der Waals surface area contributed by atoms with E-state index in [0.29, 0.717) is 11.3 Å². The van der Waals surface area contributed by atoms with E-state index in [1.807, 2.05) is 0 Å². The number of methoxy groups -OCH3 is 2. The molecule has 5 heteroatoms. The highest BCUT2D eigenvalue weighted by atomic mass is 16.5. The zero-order chi connectivity index (χ0) is 12.7. The van der Waals surface area contributed by atoms with Gasteiger partial charge in [0.25, 0.3) is 5.91 Å². The number of hydrogen-bond acceptors (Lipinski definition) is 4. The molecule has 0 aliphatic carbocycles. The predicted octanol–water partition coefficient (Wildman–Crippen LogP) is 0.988. The third kappa shape index (κ3) is 4.14. The maximum atomic E-state index is 11.7. The standard InChI is InChI=1S/C12H15NO4/c1-16-10-5-3-4-9(8-10)12(15)13-7-6-11(14)17-2/h3-5,8H,6-7H2,1-2H3,(H,13,15). The lowest BCUT2D eigenvalue weighted by atomic mass is 10.2. The summed E-state index contributed by atoms with van der Waals surface area (Å²) in [5.41, 5.74) is 0.495. The van der Waals surface area contributed by atoms with Crippen LogP contribution in [-0.4, -0.2) is 32.6 Å². The molecule has 1 N–H and O–H groups in total. The maximum absolute atomic E-state index is 11.7. The largest absolute Gasteiger partial charge is 0.497 e. The summed E-state index contributed by atoms with van der Waals surface area (Å²) in [5.74, 6) is 0.0226. The van der Waals surface area contributed by atoms with Gasteiger partial charge in [-0.25, -0.2) is 0 Å². The van der Waals surface area contributed by atoms with Crippen molar-refractivity contribution in [3.8, 4) is 5.75 Å². The number of carbonyl (C=O) groups excluding carboxylic acids is 2. The Morgan fingerprint density at radius 2 is 2.06 bits per heavy atom. The Hall–Kier alpha value is -2.04. The minimum absolute atomic E-state index is 0.159. The first-order valence-electron chi connectivity index (χ1n) is 5.16. The monoisotopic (exact) mass is 237 g/mol. The molecular formula is C12H15NO4. The zero-order valence-electron chi connectivity index (χ0n) is 9.86. The Bertz CT molecular complexity index is 403. The molecular weight excluding hydrogens is 222 g/mol. The van der Waals surface area contributed by atoms with Gasteiger partial charge in [-0.15, -0.1) is 0 Å². The summed E-state index contributed by atoms with van der Waals surface area (Å²) in [6.07, 6.45) is 0.159. The van der Waals surface area contributed by atoms with E-state index in [9.17, 15) is 9.59 Å². The molecule has 0 spiro atoms. The molecule has 0 unspecified atom stereocenters. The van der Waals surface area contributed by atoms with Crippen molar-refractivity contribution in [2.45, 2.75) is 6.42 Å². The fourth-order valence-electron chi connectivity index (χ4n) is 1.25. The molecule has 0 aliphatic rings. The summed E-state index contributed by atoms with van der Waals surface area (Å²) < 4.78 is 9.47. The van der Waals surface area contributed by atoms with Gasteiger partial charge in [-0.3, -0.25) is 9.59 Å². The van der Waals surface area contributed by atoms with Gasteiger partial charge in [0.2, 0.25) is 0 Å². The number of hydrogen-bond donors (Lipinski definition) is 1. The number of amides is 1. The fraction of sp³-hybridized carbons (Fsp3) is 0.333. The van der Waals surface area contributed by atoms with Crippen LogP contribution in [-0.2, 0) is 9.53 Å². The van der Waals surface area contributed by atoms with Gasteiger partial charge >= 0.3 is 5.97 Å². The summed E-state index contributed by atoms with van der Waals surface area (Å²) in [6.45, 7) is 0.253. The number of nitrogens with one attached hydrogen (secondary N) is 1. The van der Waals surface area contributed by atoms with E-state index in [2.05, 4.69) is 10.1 Å². The van der Waals surface area contributed by atoms with Crippen molar-refractivity contribution >= 4 is 11.9 Å². The van der Waals surface area contributed by atoms with Gasteiger partial charge in [0.05, 0.1) is 20.6 Å². The summed E-state index contributed by atoms with van der Waals surface area (Å²) in [4.78, 5) is 22.5. The van der Waals surface area contributed by atoms with Crippen LogP contribution in [0.1, 0.15) is 16.8 Å². The average Bonchev–Trinajstić information content (AvgIpc) is 2.38. The quantitative estimate of drug-likeness (QED) is 0.775. The molecule has 1 aromatic carbocycles. The Morgan fingerprint density at radius 1 is 1.29 bits per heavy atom. The number of esters is 1. The summed E-state index contributed by atoms with van der Waals surface area (Å²) >= 11 is 0. The molecule has 0 saturated carbocycles. The van der Waals surface area contributed by atoms with Gasteiger partial charge < -0.3 is 14.8 Å². The van der Waals surface area contributed by atoms with Crippen LogP contribution < -0.4 is 10.1 Å². The van der Waals surface area contributed by atoms with Crippen LogP contribution in [0.25, 0.3) is 0 Å². The maximum Gasteiger partial charge on any atom is 0.307 e. The third-order valence-electron chi connectivity index (χ3n) is 2.17. The van der Waals surface area contributed by atoms with Crippen LogP contribution in [0.5, 0.6) is 5.75 Å². The second-order valence-electron chi connectivity index (χ2n) is 3.31. The molecule has 0 bridgehead atoms. The molecule has 0 fully saturated rings. The first-order valence-corrected chi connectivity index (χ1v) is 5.16. The number of carbonyl (C=O) groups is 2. The van der Waals surface area contributed by atoms with E-state index in [1.54, 1.807) is 24.3 Å². The number of rotatable bonds is 5. The van der Waals surface area contributed by atoms with Gasteiger partial charge in [0.1, 0.15) is 5.75 Å². The minimum Gasteiger partial charge on any atom is -0.497 e. The van der Waals surface area contributed by atoms with Crippen LogP contribution in [0, 0.1) is 0 Å². The van der Waals surface area contributed by atoms with Crippen molar-refractivity contribution in [3.63, 3.8) is 0 Å². The molecule has 0 atom stereocenters. The lowest BCUT2D eigenvalue weighted by molar-refractivity contribution is -0.140. The lowest BCUT2D eigenvalue weighted by Gasteiger charge is -2.05.